The average Bonchev–Trinajstić information content (AvgIpc) is 3.23. The van der Waals surface area contributed by atoms with Crippen LogP contribution in [0.25, 0.3) is 22.0 Å². The quantitative estimate of drug-likeness (QED) is 0.194. The molecule has 1 unspecified atom stereocenters. The fourth-order valence-corrected chi connectivity index (χ4v) is 4.47. The number of fused-ring (bicyclic) bond motifs is 1. The SMILES string of the molecule is CC(=O)c1cn(CC(=O)NC(CC(F)(F)F)C(=O)Nc2cccc(-c3ccccc3Cl)c2F)c2ccccc12. The van der Waals surface area contributed by atoms with Gasteiger partial charge in [0.05, 0.1) is 12.1 Å². The van der Waals surface area contributed by atoms with Crippen LogP contribution in [-0.2, 0) is 16.1 Å². The van der Waals surface area contributed by atoms with Crippen molar-refractivity contribution in [3.63, 3.8) is 0 Å². The minimum absolute atomic E-state index is 0.0376. The molecule has 11 heteroatoms. The summed E-state index contributed by atoms with van der Waals surface area (Å²) < 4.78 is 56.7. The summed E-state index contributed by atoms with van der Waals surface area (Å²) in [5.74, 6) is -3.30. The van der Waals surface area contributed by atoms with Crippen molar-refractivity contribution < 1.29 is 31.9 Å². The topological polar surface area (TPSA) is 80.2 Å². The maximum Gasteiger partial charge on any atom is 0.391 e. The zero-order chi connectivity index (χ0) is 28.3. The van der Waals surface area contributed by atoms with Crippen LogP contribution >= 0.6 is 11.6 Å². The smallest absolute Gasteiger partial charge is 0.342 e. The molecule has 0 aliphatic rings. The molecule has 39 heavy (non-hydrogen) atoms. The van der Waals surface area contributed by atoms with Gasteiger partial charge in [0.15, 0.2) is 11.6 Å². The van der Waals surface area contributed by atoms with E-state index in [1.165, 1.54) is 35.9 Å². The van der Waals surface area contributed by atoms with Crippen LogP contribution in [0.5, 0.6) is 0 Å². The molecule has 0 aliphatic carbocycles. The number of nitrogens with zero attached hydrogens (tertiary/aromatic N) is 1. The Balaban J connectivity index is 1.56. The monoisotopic (exact) mass is 559 g/mol. The lowest BCUT2D eigenvalue weighted by Crippen LogP contribution is -2.47. The number of alkyl halides is 3. The fraction of sp³-hybridized carbons (Fsp3) is 0.179. The second kappa shape index (κ2) is 11.3. The first kappa shape index (κ1) is 27.8. The van der Waals surface area contributed by atoms with E-state index in [0.29, 0.717) is 22.0 Å². The molecule has 0 radical (unpaired) electrons. The van der Waals surface area contributed by atoms with Crippen LogP contribution < -0.4 is 10.6 Å². The Hall–Kier alpha value is -4.18. The number of anilines is 1. The fourth-order valence-electron chi connectivity index (χ4n) is 4.23. The number of nitrogens with one attached hydrogen (secondary N) is 2. The van der Waals surface area contributed by atoms with Crippen molar-refractivity contribution in [1.29, 1.82) is 0 Å². The summed E-state index contributed by atoms with van der Waals surface area (Å²) in [4.78, 5) is 37.6. The highest BCUT2D eigenvalue weighted by Gasteiger charge is 2.36. The van der Waals surface area contributed by atoms with Gasteiger partial charge in [-0.15, -0.1) is 0 Å². The molecule has 4 rings (SSSR count). The normalized spacial score (nSPS) is 12.3. The van der Waals surface area contributed by atoms with Gasteiger partial charge in [0.25, 0.3) is 0 Å². The molecule has 6 nitrogen and oxygen atoms in total. The molecule has 0 fully saturated rings. The van der Waals surface area contributed by atoms with Crippen LogP contribution in [-0.4, -0.2) is 34.4 Å². The first-order valence-electron chi connectivity index (χ1n) is 11.7. The number of carbonyl (C=O) groups excluding carboxylic acids is 3. The molecule has 0 aliphatic heterocycles. The predicted octanol–water partition coefficient (Wildman–Crippen LogP) is 6.38. The molecule has 0 bridgehead atoms. The van der Waals surface area contributed by atoms with Gasteiger partial charge in [0.2, 0.25) is 11.8 Å². The van der Waals surface area contributed by atoms with Gasteiger partial charge >= 0.3 is 6.18 Å². The number of aromatic nitrogens is 1. The Kier molecular flexibility index (Phi) is 8.06. The van der Waals surface area contributed by atoms with Crippen LogP contribution in [0.15, 0.2) is 72.9 Å². The van der Waals surface area contributed by atoms with Crippen molar-refractivity contribution in [3.05, 3.63) is 89.3 Å². The molecule has 202 valence electrons. The molecular formula is C28H22ClF4N3O3. The first-order chi connectivity index (χ1) is 18.4. The van der Waals surface area contributed by atoms with Gasteiger partial charge in [0, 0.05) is 38.8 Å². The molecular weight excluding hydrogens is 538 g/mol. The number of hydrogen-bond donors (Lipinski definition) is 2. The largest absolute Gasteiger partial charge is 0.391 e. The number of Topliss-reactive ketones (excluding diaryl/α,β-unsaturated/α-hetero) is 1. The van der Waals surface area contributed by atoms with E-state index in [-0.39, 0.29) is 22.1 Å². The maximum absolute atomic E-state index is 15.3. The van der Waals surface area contributed by atoms with E-state index in [0.717, 1.165) is 0 Å². The summed E-state index contributed by atoms with van der Waals surface area (Å²) in [6, 6.07) is 15.1. The second-order valence-corrected chi connectivity index (χ2v) is 9.23. The lowest BCUT2D eigenvalue weighted by molar-refractivity contribution is -0.149. The van der Waals surface area contributed by atoms with Crippen LogP contribution in [0.3, 0.4) is 0 Å². The van der Waals surface area contributed by atoms with E-state index in [1.54, 1.807) is 48.5 Å². The number of halogens is 5. The number of ketones is 1. The van der Waals surface area contributed by atoms with Crippen molar-refractivity contribution in [1.82, 2.24) is 9.88 Å². The van der Waals surface area contributed by atoms with Gasteiger partial charge in [-0.2, -0.15) is 13.2 Å². The second-order valence-electron chi connectivity index (χ2n) is 8.82. The van der Waals surface area contributed by atoms with Crippen molar-refractivity contribution in [2.75, 3.05) is 5.32 Å². The third kappa shape index (κ3) is 6.46. The van der Waals surface area contributed by atoms with E-state index in [9.17, 15) is 27.6 Å². The molecule has 1 heterocycles. The lowest BCUT2D eigenvalue weighted by atomic mass is 10.0. The molecule has 1 aromatic heterocycles. The predicted molar refractivity (Wildman–Crippen MR) is 140 cm³/mol. The standard InChI is InChI=1S/C28H22ClF4N3O3/c1-16(37)20-14-36(24-12-5-3-8-18(20)24)15-25(38)34-23(13-28(31,32)33)27(39)35-22-11-6-9-19(26(22)30)17-7-2-4-10-21(17)29/h2-12,14,23H,13,15H2,1H3,(H,34,38)(H,35,39). The summed E-state index contributed by atoms with van der Waals surface area (Å²) in [6.07, 6.45) is -5.06. The number of hydrogen-bond acceptors (Lipinski definition) is 3. The Morgan fingerprint density at radius 3 is 2.31 bits per heavy atom. The van der Waals surface area contributed by atoms with E-state index < -0.39 is 42.8 Å². The lowest BCUT2D eigenvalue weighted by Gasteiger charge is -2.21. The number of amides is 2. The maximum atomic E-state index is 15.3. The highest BCUT2D eigenvalue weighted by molar-refractivity contribution is 6.33. The van der Waals surface area contributed by atoms with Crippen molar-refractivity contribution in [3.8, 4) is 11.1 Å². The molecule has 2 amide bonds. The van der Waals surface area contributed by atoms with Gasteiger partial charge in [-0.1, -0.05) is 60.1 Å². The van der Waals surface area contributed by atoms with Crippen LogP contribution in [0.1, 0.15) is 23.7 Å². The molecule has 0 saturated carbocycles. The van der Waals surface area contributed by atoms with E-state index in [1.807, 2.05) is 0 Å². The van der Waals surface area contributed by atoms with Crippen molar-refractivity contribution >= 4 is 45.8 Å². The summed E-state index contributed by atoms with van der Waals surface area (Å²) in [5.41, 5.74) is 0.860. The zero-order valence-electron chi connectivity index (χ0n) is 20.5. The molecule has 0 spiro atoms. The Morgan fingerprint density at radius 1 is 0.949 bits per heavy atom. The minimum Gasteiger partial charge on any atom is -0.342 e. The summed E-state index contributed by atoms with van der Waals surface area (Å²) >= 11 is 6.14. The van der Waals surface area contributed by atoms with Crippen LogP contribution in [0.4, 0.5) is 23.2 Å². The third-order valence-electron chi connectivity index (χ3n) is 5.99. The average molecular weight is 560 g/mol. The van der Waals surface area contributed by atoms with Gasteiger partial charge < -0.3 is 15.2 Å². The van der Waals surface area contributed by atoms with Gasteiger partial charge in [0.1, 0.15) is 12.6 Å². The first-order valence-corrected chi connectivity index (χ1v) is 12.1. The number of para-hydroxylation sites is 1. The summed E-state index contributed by atoms with van der Waals surface area (Å²) in [7, 11) is 0. The van der Waals surface area contributed by atoms with Gasteiger partial charge in [-0.25, -0.2) is 4.39 Å². The number of rotatable bonds is 8. The third-order valence-corrected chi connectivity index (χ3v) is 6.32. The summed E-state index contributed by atoms with van der Waals surface area (Å²) in [6.45, 7) is 0.904. The van der Waals surface area contributed by atoms with E-state index in [2.05, 4.69) is 10.6 Å². The molecule has 0 saturated heterocycles. The minimum atomic E-state index is -4.81. The van der Waals surface area contributed by atoms with Gasteiger partial charge in [-0.3, -0.25) is 14.4 Å². The number of carbonyl (C=O) groups is 3. The Morgan fingerprint density at radius 2 is 1.62 bits per heavy atom. The van der Waals surface area contributed by atoms with Crippen molar-refractivity contribution in [2.24, 2.45) is 0 Å². The highest BCUT2D eigenvalue weighted by Crippen LogP contribution is 2.33. The molecule has 4 aromatic rings. The molecule has 3 aromatic carbocycles. The van der Waals surface area contributed by atoms with Crippen molar-refractivity contribution in [2.45, 2.75) is 32.1 Å². The number of benzene rings is 3. The zero-order valence-corrected chi connectivity index (χ0v) is 21.2. The van der Waals surface area contributed by atoms with Crippen LogP contribution in [0, 0.1) is 5.82 Å². The van der Waals surface area contributed by atoms with Gasteiger partial charge in [-0.05, 0) is 25.1 Å². The highest BCUT2D eigenvalue weighted by atomic mass is 35.5. The molecule has 1 atom stereocenters. The van der Waals surface area contributed by atoms with Crippen LogP contribution in [0.2, 0.25) is 5.02 Å². The summed E-state index contributed by atoms with van der Waals surface area (Å²) in [5, 5.41) is 5.08. The van der Waals surface area contributed by atoms with E-state index >= 15 is 4.39 Å². The Labute approximate surface area is 225 Å². The Bertz CT molecular complexity index is 1570. The van der Waals surface area contributed by atoms with E-state index in [4.69, 9.17) is 11.6 Å². The molecule has 2 N–H and O–H groups in total.